The summed E-state index contributed by atoms with van der Waals surface area (Å²) < 4.78 is 12.7. The molecule has 0 radical (unpaired) electrons. The highest BCUT2D eigenvalue weighted by molar-refractivity contribution is 5.79. The largest absolute Gasteiger partial charge is 0.497 e. The van der Waals surface area contributed by atoms with E-state index in [0.29, 0.717) is 0 Å². The minimum atomic E-state index is -0.313. The van der Waals surface area contributed by atoms with Crippen LogP contribution in [0.2, 0.25) is 0 Å². The van der Waals surface area contributed by atoms with Gasteiger partial charge in [-0.05, 0) is 18.2 Å². The third-order valence-corrected chi connectivity index (χ3v) is 3.14. The molecule has 2 N–H and O–H groups in total. The van der Waals surface area contributed by atoms with Gasteiger partial charge in [-0.1, -0.05) is 0 Å². The van der Waals surface area contributed by atoms with Crippen molar-refractivity contribution in [3.8, 4) is 5.75 Å². The first-order valence-corrected chi connectivity index (χ1v) is 5.99. The zero-order valence-corrected chi connectivity index (χ0v) is 10.8. The Morgan fingerprint density at radius 3 is 2.89 bits per heavy atom. The van der Waals surface area contributed by atoms with Crippen LogP contribution in [0.5, 0.6) is 5.75 Å². The van der Waals surface area contributed by atoms with E-state index in [1.807, 2.05) is 37.5 Å². The van der Waals surface area contributed by atoms with E-state index in [1.165, 1.54) is 0 Å². The van der Waals surface area contributed by atoms with Gasteiger partial charge in [-0.25, -0.2) is 0 Å². The monoisotopic (exact) mass is 257 g/mol. The molecule has 0 aliphatic rings. The Bertz CT molecular complexity index is 714. The molecule has 0 saturated heterocycles. The van der Waals surface area contributed by atoms with Crippen LogP contribution in [-0.4, -0.2) is 16.9 Å². The minimum Gasteiger partial charge on any atom is -0.497 e. The normalized spacial score (nSPS) is 12.8. The number of fused-ring (bicyclic) bond motifs is 1. The van der Waals surface area contributed by atoms with Gasteiger partial charge in [0.2, 0.25) is 0 Å². The van der Waals surface area contributed by atoms with Gasteiger partial charge in [0.15, 0.2) is 0 Å². The average molecular weight is 257 g/mol. The number of furan rings is 1. The molecule has 1 atom stereocenters. The maximum Gasteiger partial charge on any atom is 0.138 e. The zero-order valence-electron chi connectivity index (χ0n) is 10.8. The second kappa shape index (κ2) is 4.44. The van der Waals surface area contributed by atoms with Crippen LogP contribution in [0, 0.1) is 0 Å². The van der Waals surface area contributed by atoms with Crippen LogP contribution in [0.1, 0.15) is 17.4 Å². The molecule has 0 bridgehead atoms. The van der Waals surface area contributed by atoms with E-state index >= 15 is 0 Å². The highest BCUT2D eigenvalue weighted by Crippen LogP contribution is 2.28. The van der Waals surface area contributed by atoms with E-state index < -0.39 is 0 Å². The van der Waals surface area contributed by atoms with Gasteiger partial charge in [-0.3, -0.25) is 4.68 Å². The average Bonchev–Trinajstić information content (AvgIpc) is 3.02. The number of hydrogen-bond acceptors (Lipinski definition) is 4. The summed E-state index contributed by atoms with van der Waals surface area (Å²) in [5.41, 5.74) is 7.88. The number of ether oxygens (including phenoxy) is 1. The standard InChI is InChI=1S/C14H15N3O2/c1-17-8-10(7-16-17)14(15)13-5-9-3-4-11(18-2)6-12(9)19-13/h3-8,14H,15H2,1-2H3. The lowest BCUT2D eigenvalue weighted by atomic mass is 10.1. The minimum absolute atomic E-state index is 0.313. The summed E-state index contributed by atoms with van der Waals surface area (Å²) in [7, 11) is 3.49. The molecule has 2 aromatic heterocycles. The summed E-state index contributed by atoms with van der Waals surface area (Å²) in [6, 6.07) is 7.35. The van der Waals surface area contributed by atoms with Crippen molar-refractivity contribution in [3.63, 3.8) is 0 Å². The molecule has 2 heterocycles. The highest BCUT2D eigenvalue weighted by atomic mass is 16.5. The van der Waals surface area contributed by atoms with E-state index in [4.69, 9.17) is 14.9 Å². The maximum atomic E-state index is 6.19. The van der Waals surface area contributed by atoms with Gasteiger partial charge in [0, 0.05) is 30.3 Å². The summed E-state index contributed by atoms with van der Waals surface area (Å²) in [5, 5.41) is 5.13. The Balaban J connectivity index is 2.00. The quantitative estimate of drug-likeness (QED) is 0.781. The molecule has 0 fully saturated rings. The summed E-state index contributed by atoms with van der Waals surface area (Å²) in [6.07, 6.45) is 3.64. The van der Waals surface area contributed by atoms with E-state index in [0.717, 1.165) is 28.0 Å². The number of aryl methyl sites for hydroxylation is 1. The fraction of sp³-hybridized carbons (Fsp3) is 0.214. The van der Waals surface area contributed by atoms with Crippen molar-refractivity contribution < 1.29 is 9.15 Å². The van der Waals surface area contributed by atoms with E-state index in [2.05, 4.69) is 5.10 Å². The zero-order chi connectivity index (χ0) is 13.4. The van der Waals surface area contributed by atoms with Gasteiger partial charge in [-0.2, -0.15) is 5.10 Å². The fourth-order valence-corrected chi connectivity index (χ4v) is 2.08. The summed E-state index contributed by atoms with van der Waals surface area (Å²) in [6.45, 7) is 0. The number of benzene rings is 1. The van der Waals surface area contributed by atoms with Crippen molar-refractivity contribution in [2.24, 2.45) is 12.8 Å². The molecule has 3 aromatic rings. The number of rotatable bonds is 3. The first-order valence-electron chi connectivity index (χ1n) is 5.99. The van der Waals surface area contributed by atoms with Crippen molar-refractivity contribution in [1.29, 1.82) is 0 Å². The van der Waals surface area contributed by atoms with Gasteiger partial charge in [0.05, 0.1) is 19.3 Å². The molecule has 5 heteroatoms. The third-order valence-electron chi connectivity index (χ3n) is 3.14. The Morgan fingerprint density at radius 1 is 1.37 bits per heavy atom. The lowest BCUT2D eigenvalue weighted by Crippen LogP contribution is -2.09. The maximum absolute atomic E-state index is 6.19. The number of hydrogen-bond donors (Lipinski definition) is 1. The molecule has 1 aromatic carbocycles. The third kappa shape index (κ3) is 2.08. The number of nitrogens with two attached hydrogens (primary N) is 1. The molecule has 0 spiro atoms. The van der Waals surface area contributed by atoms with Crippen molar-refractivity contribution in [2.75, 3.05) is 7.11 Å². The van der Waals surface area contributed by atoms with Crippen molar-refractivity contribution in [1.82, 2.24) is 9.78 Å². The van der Waals surface area contributed by atoms with E-state index in [1.54, 1.807) is 18.0 Å². The molecule has 5 nitrogen and oxygen atoms in total. The van der Waals surface area contributed by atoms with Gasteiger partial charge in [0.1, 0.15) is 17.1 Å². The van der Waals surface area contributed by atoms with Gasteiger partial charge < -0.3 is 14.9 Å². The second-order valence-corrected chi connectivity index (χ2v) is 4.48. The Labute approximate surface area is 110 Å². The smallest absolute Gasteiger partial charge is 0.138 e. The van der Waals surface area contributed by atoms with Crippen LogP contribution in [0.25, 0.3) is 11.0 Å². The van der Waals surface area contributed by atoms with Gasteiger partial charge >= 0.3 is 0 Å². The van der Waals surface area contributed by atoms with E-state index in [-0.39, 0.29) is 6.04 Å². The topological polar surface area (TPSA) is 66.2 Å². The predicted molar refractivity (Wildman–Crippen MR) is 72.0 cm³/mol. The van der Waals surface area contributed by atoms with Crippen LogP contribution >= 0.6 is 0 Å². The fourth-order valence-electron chi connectivity index (χ4n) is 2.08. The Kier molecular flexibility index (Phi) is 2.76. The lowest BCUT2D eigenvalue weighted by Gasteiger charge is -2.04. The molecule has 0 aliphatic carbocycles. The highest BCUT2D eigenvalue weighted by Gasteiger charge is 2.15. The Hall–Kier alpha value is -2.27. The molecule has 0 amide bonds. The number of methoxy groups -OCH3 is 1. The first kappa shape index (κ1) is 11.8. The predicted octanol–water partition coefficient (Wildman–Crippen LogP) is 2.22. The number of nitrogens with zero attached hydrogens (tertiary/aromatic N) is 2. The number of aromatic nitrogens is 2. The first-order chi connectivity index (χ1) is 9.17. The van der Waals surface area contributed by atoms with Crippen LogP contribution in [0.3, 0.4) is 0 Å². The van der Waals surface area contributed by atoms with Crippen molar-refractivity contribution >= 4 is 11.0 Å². The molecule has 0 aliphatic heterocycles. The summed E-state index contributed by atoms with van der Waals surface area (Å²) in [5.74, 6) is 1.49. The summed E-state index contributed by atoms with van der Waals surface area (Å²) >= 11 is 0. The molecule has 3 rings (SSSR count). The molecule has 19 heavy (non-hydrogen) atoms. The molecule has 98 valence electrons. The summed E-state index contributed by atoms with van der Waals surface area (Å²) in [4.78, 5) is 0. The molecular formula is C14H15N3O2. The van der Waals surface area contributed by atoms with Crippen molar-refractivity contribution in [2.45, 2.75) is 6.04 Å². The SMILES string of the molecule is COc1ccc2cc(C(N)c3cnn(C)c3)oc2c1. The van der Waals surface area contributed by atoms with Crippen LogP contribution in [0.4, 0.5) is 0 Å². The van der Waals surface area contributed by atoms with Crippen LogP contribution < -0.4 is 10.5 Å². The van der Waals surface area contributed by atoms with E-state index in [9.17, 15) is 0 Å². The van der Waals surface area contributed by atoms with Gasteiger partial charge in [-0.15, -0.1) is 0 Å². The lowest BCUT2D eigenvalue weighted by molar-refractivity contribution is 0.414. The molecule has 0 saturated carbocycles. The van der Waals surface area contributed by atoms with Crippen molar-refractivity contribution in [3.05, 3.63) is 48.0 Å². The van der Waals surface area contributed by atoms with Gasteiger partial charge in [0.25, 0.3) is 0 Å². The van der Waals surface area contributed by atoms with Crippen LogP contribution in [0.15, 0.2) is 41.1 Å². The second-order valence-electron chi connectivity index (χ2n) is 4.48. The Morgan fingerprint density at radius 2 is 2.21 bits per heavy atom. The van der Waals surface area contributed by atoms with Crippen LogP contribution in [-0.2, 0) is 7.05 Å². The molecular weight excluding hydrogens is 242 g/mol. The molecule has 1 unspecified atom stereocenters.